The fourth-order valence-corrected chi connectivity index (χ4v) is 0.687. The van der Waals surface area contributed by atoms with Crippen molar-refractivity contribution in [3.8, 4) is 0 Å². The molecule has 0 aliphatic carbocycles. The summed E-state index contributed by atoms with van der Waals surface area (Å²) in [6, 6.07) is 0. The summed E-state index contributed by atoms with van der Waals surface area (Å²) in [6.07, 6.45) is 0.488. The lowest BCUT2D eigenvalue weighted by Crippen LogP contribution is -2.20. The second-order valence-corrected chi connectivity index (χ2v) is 3.16. The third kappa shape index (κ3) is 5.54. The van der Waals surface area contributed by atoms with Gasteiger partial charge < -0.3 is 4.90 Å². The summed E-state index contributed by atoms with van der Waals surface area (Å²) >= 11 is 0. The van der Waals surface area contributed by atoms with Crippen LogP contribution in [0.2, 0.25) is 0 Å². The molecule has 0 atom stereocenters. The first kappa shape index (κ1) is 9.41. The van der Waals surface area contributed by atoms with Crippen molar-refractivity contribution in [2.24, 2.45) is 0 Å². The van der Waals surface area contributed by atoms with Crippen molar-refractivity contribution >= 4 is 21.9 Å². The summed E-state index contributed by atoms with van der Waals surface area (Å²) in [6.45, 7) is -0.0463. The van der Waals surface area contributed by atoms with E-state index in [1.54, 1.807) is 0 Å². The monoisotopic (exact) mass is 167 g/mol. The minimum absolute atomic E-state index is 0.0463. The average molecular weight is 167 g/mol. The van der Waals surface area contributed by atoms with Crippen LogP contribution in [0.3, 0.4) is 0 Å². The van der Waals surface area contributed by atoms with Crippen LogP contribution in [-0.4, -0.2) is 43.6 Å². The molecule has 2 N–H and O–H groups in total. The van der Waals surface area contributed by atoms with E-state index in [0.29, 0.717) is 6.41 Å². The lowest BCUT2D eigenvalue weighted by Gasteiger charge is -2.04. The quantitative estimate of drug-likeness (QED) is 0.422. The summed E-state index contributed by atoms with van der Waals surface area (Å²) in [5.74, 6) is 0. The Balaban J connectivity index is 3.97. The Labute approximate surface area is 59.3 Å². The Morgan fingerprint density at radius 3 is 2.40 bits per heavy atom. The molecule has 0 saturated carbocycles. The standard InChI is InChI=1S/C4H9NO4S/c1-5(4-6)2-3-10(7,8)9/h3-4H,2H2,1H3,(H2,7,8,9). The zero-order valence-electron chi connectivity index (χ0n) is 5.43. The smallest absolute Gasteiger partial charge is 0.209 e. The minimum Gasteiger partial charge on any atom is -0.344 e. The van der Waals surface area contributed by atoms with E-state index in [2.05, 4.69) is 0 Å². The van der Waals surface area contributed by atoms with Crippen molar-refractivity contribution in [1.29, 1.82) is 0 Å². The van der Waals surface area contributed by atoms with E-state index in [-0.39, 0.29) is 6.54 Å². The van der Waals surface area contributed by atoms with Gasteiger partial charge in [0.25, 0.3) is 0 Å². The SMILES string of the molecule is CN(C=O)CC=S(=O)(O)O. The van der Waals surface area contributed by atoms with Crippen molar-refractivity contribution in [3.05, 3.63) is 0 Å². The van der Waals surface area contributed by atoms with Crippen molar-refractivity contribution in [2.75, 3.05) is 13.6 Å². The molecule has 1 amide bonds. The molecular formula is C4H9NO4S. The van der Waals surface area contributed by atoms with Gasteiger partial charge in [0.1, 0.15) is 0 Å². The molecule has 0 aromatic carbocycles. The van der Waals surface area contributed by atoms with Crippen molar-refractivity contribution < 1.29 is 18.1 Å². The minimum atomic E-state index is -3.80. The Bertz CT molecular complexity index is 209. The number of nitrogens with zero attached hydrogens (tertiary/aromatic N) is 1. The second-order valence-electron chi connectivity index (χ2n) is 1.75. The highest BCUT2D eigenvalue weighted by atomic mass is 32.2. The molecule has 0 fully saturated rings. The Kier molecular flexibility index (Phi) is 3.34. The topological polar surface area (TPSA) is 77.8 Å². The van der Waals surface area contributed by atoms with E-state index in [1.807, 2.05) is 0 Å². The Morgan fingerprint density at radius 2 is 2.10 bits per heavy atom. The highest BCUT2D eigenvalue weighted by Crippen LogP contribution is 1.75. The van der Waals surface area contributed by atoms with E-state index in [1.165, 1.54) is 7.05 Å². The van der Waals surface area contributed by atoms with E-state index < -0.39 is 10.1 Å². The molecule has 60 valence electrons. The summed E-state index contributed by atoms with van der Waals surface area (Å²) in [4.78, 5) is 11.0. The highest BCUT2D eigenvalue weighted by molar-refractivity contribution is 7.90. The maximum absolute atomic E-state index is 10.1. The molecule has 0 saturated heterocycles. The van der Waals surface area contributed by atoms with Crippen LogP contribution in [0.4, 0.5) is 0 Å². The van der Waals surface area contributed by atoms with Gasteiger partial charge in [-0.15, -0.1) is 0 Å². The predicted molar refractivity (Wildman–Crippen MR) is 38.2 cm³/mol. The number of hydrogen-bond acceptors (Lipinski definition) is 2. The van der Waals surface area contributed by atoms with Crippen LogP contribution in [0.15, 0.2) is 0 Å². The number of carbonyl (C=O) groups is 1. The summed E-state index contributed by atoms with van der Waals surface area (Å²) in [7, 11) is -2.38. The Hall–Kier alpha value is -0.590. The van der Waals surface area contributed by atoms with Gasteiger partial charge in [0.2, 0.25) is 6.41 Å². The van der Waals surface area contributed by atoms with Gasteiger partial charge >= 0.3 is 0 Å². The average Bonchev–Trinajstić information content (AvgIpc) is 1.81. The molecule has 0 spiro atoms. The van der Waals surface area contributed by atoms with Gasteiger partial charge in [0.05, 0.1) is 6.54 Å². The molecule has 0 aromatic heterocycles. The molecule has 0 heterocycles. The third-order valence-corrected chi connectivity index (χ3v) is 1.34. The van der Waals surface area contributed by atoms with Crippen molar-refractivity contribution in [3.63, 3.8) is 0 Å². The lowest BCUT2D eigenvalue weighted by atomic mass is 10.7. The molecule has 10 heavy (non-hydrogen) atoms. The van der Waals surface area contributed by atoms with Gasteiger partial charge in [0.15, 0.2) is 10.1 Å². The van der Waals surface area contributed by atoms with Gasteiger partial charge in [-0.2, -0.15) is 0 Å². The van der Waals surface area contributed by atoms with Crippen molar-refractivity contribution in [2.45, 2.75) is 0 Å². The number of amides is 1. The van der Waals surface area contributed by atoms with E-state index in [9.17, 15) is 9.00 Å². The van der Waals surface area contributed by atoms with E-state index >= 15 is 0 Å². The van der Waals surface area contributed by atoms with Crippen LogP contribution in [0.1, 0.15) is 0 Å². The van der Waals surface area contributed by atoms with Gasteiger partial charge in [-0.05, 0) is 0 Å². The molecule has 0 radical (unpaired) electrons. The Morgan fingerprint density at radius 1 is 1.60 bits per heavy atom. The second kappa shape index (κ2) is 3.55. The largest absolute Gasteiger partial charge is 0.344 e. The first-order chi connectivity index (χ1) is 4.45. The first-order valence-corrected chi connectivity index (χ1v) is 3.97. The zero-order chi connectivity index (χ0) is 8.20. The molecule has 5 nitrogen and oxygen atoms in total. The highest BCUT2D eigenvalue weighted by Gasteiger charge is 1.93. The summed E-state index contributed by atoms with van der Waals surface area (Å²) in [5.41, 5.74) is 0. The summed E-state index contributed by atoms with van der Waals surface area (Å²) in [5, 5.41) is 0.751. The van der Waals surface area contributed by atoms with Gasteiger partial charge in [-0.1, -0.05) is 0 Å². The van der Waals surface area contributed by atoms with E-state index in [0.717, 1.165) is 10.3 Å². The van der Waals surface area contributed by atoms with Crippen LogP contribution in [0.5, 0.6) is 0 Å². The number of carbonyl (C=O) groups excluding carboxylic acids is 1. The molecule has 0 rings (SSSR count). The lowest BCUT2D eigenvalue weighted by molar-refractivity contribution is -0.116. The fourth-order valence-electron chi connectivity index (χ4n) is 0.258. The van der Waals surface area contributed by atoms with Gasteiger partial charge in [0, 0.05) is 12.4 Å². The molecule has 0 aromatic rings. The molecule has 6 heteroatoms. The molecule has 0 aliphatic rings. The molecule has 0 bridgehead atoms. The molecule has 0 unspecified atom stereocenters. The fraction of sp³-hybridized carbons (Fsp3) is 0.500. The number of rotatable bonds is 3. The maximum atomic E-state index is 10.1. The van der Waals surface area contributed by atoms with Crippen LogP contribution >= 0.6 is 0 Å². The normalized spacial score (nSPS) is 10.7. The number of hydrogen-bond donors (Lipinski definition) is 2. The summed E-state index contributed by atoms with van der Waals surface area (Å²) < 4.78 is 26.6. The van der Waals surface area contributed by atoms with E-state index in [4.69, 9.17) is 9.11 Å². The molecule has 0 aliphatic heterocycles. The first-order valence-electron chi connectivity index (χ1n) is 2.43. The third-order valence-electron chi connectivity index (χ3n) is 0.760. The zero-order valence-corrected chi connectivity index (χ0v) is 6.24. The maximum Gasteiger partial charge on any atom is 0.209 e. The van der Waals surface area contributed by atoms with Crippen LogP contribution in [0.25, 0.3) is 0 Å². The van der Waals surface area contributed by atoms with Gasteiger partial charge in [-0.25, -0.2) is 4.21 Å². The van der Waals surface area contributed by atoms with Crippen LogP contribution in [-0.2, 0) is 14.9 Å². The van der Waals surface area contributed by atoms with Crippen LogP contribution in [0, 0.1) is 0 Å². The predicted octanol–water partition coefficient (Wildman–Crippen LogP) is -0.893. The van der Waals surface area contributed by atoms with Gasteiger partial charge in [-0.3, -0.25) is 13.9 Å². The van der Waals surface area contributed by atoms with Crippen LogP contribution < -0.4 is 0 Å². The molecular weight excluding hydrogens is 158 g/mol. The van der Waals surface area contributed by atoms with Crippen molar-refractivity contribution in [1.82, 2.24) is 4.90 Å².